The highest BCUT2D eigenvalue weighted by Gasteiger charge is 2.26. The molecule has 1 amide bonds. The van der Waals surface area contributed by atoms with Gasteiger partial charge in [-0.2, -0.15) is 11.8 Å². The maximum absolute atomic E-state index is 13.1. The van der Waals surface area contributed by atoms with Crippen LogP contribution in [0, 0.1) is 5.82 Å². The Morgan fingerprint density at radius 3 is 3.05 bits per heavy atom. The second-order valence-corrected chi connectivity index (χ2v) is 7.01. The molecule has 1 aromatic rings. The van der Waals surface area contributed by atoms with Gasteiger partial charge in [0.15, 0.2) is 0 Å². The first kappa shape index (κ1) is 16.3. The average Bonchev–Trinajstić information content (AvgIpc) is 2.86. The molecule has 0 unspecified atom stereocenters. The molecule has 1 aliphatic carbocycles. The Labute approximate surface area is 129 Å². The Morgan fingerprint density at radius 2 is 2.33 bits per heavy atom. The molecule has 3 atom stereocenters. The number of nitrogens with one attached hydrogen (secondary N) is 1. The minimum atomic E-state index is -0.956. The molecule has 2 N–H and O–H groups in total. The second-order valence-electron chi connectivity index (χ2n) is 5.43. The number of amides is 1. The molecule has 2 rings (SSSR count). The van der Waals surface area contributed by atoms with E-state index in [0.29, 0.717) is 10.8 Å². The predicted molar refractivity (Wildman–Crippen MR) is 83.7 cm³/mol. The molecule has 0 heterocycles. The summed E-state index contributed by atoms with van der Waals surface area (Å²) in [6.45, 7) is 2.14. The third-order valence-electron chi connectivity index (χ3n) is 3.76. The summed E-state index contributed by atoms with van der Waals surface area (Å²) in [5.74, 6) is 0.532. The first-order chi connectivity index (χ1) is 10.1. The monoisotopic (exact) mass is 311 g/mol. The summed E-state index contributed by atoms with van der Waals surface area (Å²) in [4.78, 5) is 12.0. The van der Waals surface area contributed by atoms with Gasteiger partial charge in [0.2, 0.25) is 5.91 Å². The summed E-state index contributed by atoms with van der Waals surface area (Å²) >= 11 is 1.94. The molecule has 0 aliphatic heterocycles. The van der Waals surface area contributed by atoms with Crippen molar-refractivity contribution >= 4 is 17.7 Å². The van der Waals surface area contributed by atoms with Gasteiger partial charge in [-0.15, -0.1) is 0 Å². The maximum Gasteiger partial charge on any atom is 0.223 e. The van der Waals surface area contributed by atoms with Crippen molar-refractivity contribution in [2.75, 3.05) is 5.75 Å². The largest absolute Gasteiger partial charge is 0.388 e. The van der Waals surface area contributed by atoms with Crippen LogP contribution in [0.5, 0.6) is 0 Å². The molecule has 1 aliphatic rings. The summed E-state index contributed by atoms with van der Waals surface area (Å²) < 4.78 is 13.1. The molecule has 0 radical (unpaired) electrons. The van der Waals surface area contributed by atoms with Gasteiger partial charge in [0.05, 0.1) is 12.5 Å². The Bertz CT molecular complexity index is 483. The maximum atomic E-state index is 13.1. The van der Waals surface area contributed by atoms with Crippen molar-refractivity contribution < 1.29 is 14.3 Å². The van der Waals surface area contributed by atoms with Crippen LogP contribution in [0.2, 0.25) is 0 Å². The standard InChI is InChI=1S/C16H22FNO2S/c1-2-21-14-7-6-13(9-14)18-16(20)10-15(19)11-4-3-5-12(17)8-11/h3-5,8,13-15,19H,2,6-7,9-10H2,1H3,(H,18,20)/t13-,14-,15+/m1/s1. The minimum absolute atomic E-state index is 0.0223. The molecule has 21 heavy (non-hydrogen) atoms. The molecule has 0 bridgehead atoms. The van der Waals surface area contributed by atoms with Crippen LogP contribution in [0.15, 0.2) is 24.3 Å². The first-order valence-electron chi connectivity index (χ1n) is 7.43. The lowest BCUT2D eigenvalue weighted by atomic mass is 10.1. The van der Waals surface area contributed by atoms with Crippen LogP contribution in [0.4, 0.5) is 4.39 Å². The summed E-state index contributed by atoms with van der Waals surface area (Å²) in [5.41, 5.74) is 0.441. The fourth-order valence-electron chi connectivity index (χ4n) is 2.75. The zero-order chi connectivity index (χ0) is 15.2. The summed E-state index contributed by atoms with van der Waals surface area (Å²) in [6.07, 6.45) is 2.16. The number of aliphatic hydroxyl groups is 1. The van der Waals surface area contributed by atoms with Crippen LogP contribution in [-0.4, -0.2) is 28.1 Å². The molecule has 1 aromatic carbocycles. The van der Waals surface area contributed by atoms with Gasteiger partial charge in [-0.1, -0.05) is 19.1 Å². The second kappa shape index (κ2) is 7.80. The molecule has 3 nitrogen and oxygen atoms in total. The Morgan fingerprint density at radius 1 is 1.52 bits per heavy atom. The van der Waals surface area contributed by atoms with E-state index >= 15 is 0 Å². The fraction of sp³-hybridized carbons (Fsp3) is 0.562. The minimum Gasteiger partial charge on any atom is -0.388 e. The summed E-state index contributed by atoms with van der Waals surface area (Å²) in [5, 5.41) is 13.6. The molecular weight excluding hydrogens is 289 g/mol. The molecule has 5 heteroatoms. The number of carbonyl (C=O) groups is 1. The van der Waals surface area contributed by atoms with E-state index in [-0.39, 0.29) is 18.4 Å². The van der Waals surface area contributed by atoms with E-state index in [1.165, 1.54) is 18.2 Å². The summed E-state index contributed by atoms with van der Waals surface area (Å²) in [6, 6.07) is 5.96. The molecule has 0 saturated heterocycles. The van der Waals surface area contributed by atoms with Crippen molar-refractivity contribution in [2.24, 2.45) is 0 Å². The molecule has 1 saturated carbocycles. The van der Waals surface area contributed by atoms with E-state index in [1.54, 1.807) is 6.07 Å². The molecule has 0 spiro atoms. The number of rotatable bonds is 6. The van der Waals surface area contributed by atoms with Gasteiger partial charge in [0.1, 0.15) is 5.82 Å². The quantitative estimate of drug-likeness (QED) is 0.849. The van der Waals surface area contributed by atoms with Gasteiger partial charge in [-0.3, -0.25) is 4.79 Å². The normalized spacial score (nSPS) is 23.0. The van der Waals surface area contributed by atoms with Crippen molar-refractivity contribution in [2.45, 2.75) is 50.0 Å². The van der Waals surface area contributed by atoms with Crippen molar-refractivity contribution in [3.63, 3.8) is 0 Å². The molecule has 0 aromatic heterocycles. The zero-order valence-electron chi connectivity index (χ0n) is 12.2. The third-order valence-corrected chi connectivity index (χ3v) is 5.00. The van der Waals surface area contributed by atoms with Gasteiger partial charge in [-0.05, 0) is 42.7 Å². The topological polar surface area (TPSA) is 49.3 Å². The average molecular weight is 311 g/mol. The van der Waals surface area contributed by atoms with E-state index in [4.69, 9.17) is 0 Å². The van der Waals surface area contributed by atoms with Gasteiger partial charge in [0.25, 0.3) is 0 Å². The first-order valence-corrected chi connectivity index (χ1v) is 8.48. The predicted octanol–water partition coefficient (Wildman–Crippen LogP) is 3.04. The van der Waals surface area contributed by atoms with Crippen molar-refractivity contribution in [1.29, 1.82) is 0 Å². The number of hydrogen-bond acceptors (Lipinski definition) is 3. The lowest BCUT2D eigenvalue weighted by Gasteiger charge is -2.15. The highest BCUT2D eigenvalue weighted by Crippen LogP contribution is 2.29. The van der Waals surface area contributed by atoms with E-state index in [9.17, 15) is 14.3 Å². The Hall–Kier alpha value is -1.07. The van der Waals surface area contributed by atoms with Gasteiger partial charge < -0.3 is 10.4 Å². The van der Waals surface area contributed by atoms with Crippen LogP contribution < -0.4 is 5.32 Å². The van der Waals surface area contributed by atoms with Gasteiger partial charge in [-0.25, -0.2) is 4.39 Å². The van der Waals surface area contributed by atoms with Crippen molar-refractivity contribution in [3.05, 3.63) is 35.6 Å². The van der Waals surface area contributed by atoms with Gasteiger partial charge >= 0.3 is 0 Å². The Kier molecular flexibility index (Phi) is 6.06. The van der Waals surface area contributed by atoms with Crippen LogP contribution in [0.25, 0.3) is 0 Å². The highest BCUT2D eigenvalue weighted by molar-refractivity contribution is 7.99. The number of hydrogen-bond donors (Lipinski definition) is 2. The number of carbonyl (C=O) groups excluding carboxylic acids is 1. The zero-order valence-corrected chi connectivity index (χ0v) is 13.0. The van der Waals surface area contributed by atoms with E-state index in [1.807, 2.05) is 11.8 Å². The summed E-state index contributed by atoms with van der Waals surface area (Å²) in [7, 11) is 0. The van der Waals surface area contributed by atoms with E-state index in [0.717, 1.165) is 25.0 Å². The van der Waals surface area contributed by atoms with Crippen molar-refractivity contribution in [3.8, 4) is 0 Å². The van der Waals surface area contributed by atoms with E-state index < -0.39 is 11.9 Å². The van der Waals surface area contributed by atoms with Gasteiger partial charge in [0, 0.05) is 11.3 Å². The molecule has 116 valence electrons. The highest BCUT2D eigenvalue weighted by atomic mass is 32.2. The lowest BCUT2D eigenvalue weighted by molar-refractivity contribution is -0.123. The number of benzene rings is 1. The smallest absolute Gasteiger partial charge is 0.223 e. The lowest BCUT2D eigenvalue weighted by Crippen LogP contribution is -2.34. The SMILES string of the molecule is CCS[C@@H]1CC[C@@H](NC(=O)C[C@H](O)c2cccc(F)c2)C1. The Balaban J connectivity index is 1.79. The van der Waals surface area contributed by atoms with Crippen LogP contribution >= 0.6 is 11.8 Å². The third kappa shape index (κ3) is 5.00. The molecular formula is C16H22FNO2S. The number of aliphatic hydroxyl groups excluding tert-OH is 1. The van der Waals surface area contributed by atoms with Crippen LogP contribution in [0.1, 0.15) is 44.3 Å². The fourth-order valence-corrected chi connectivity index (χ4v) is 3.89. The van der Waals surface area contributed by atoms with Crippen molar-refractivity contribution in [1.82, 2.24) is 5.32 Å². The number of halogens is 1. The van der Waals surface area contributed by atoms with E-state index in [2.05, 4.69) is 12.2 Å². The molecule has 1 fully saturated rings. The van der Waals surface area contributed by atoms with Crippen LogP contribution in [0.3, 0.4) is 0 Å². The number of thioether (sulfide) groups is 1. The van der Waals surface area contributed by atoms with Crippen LogP contribution in [-0.2, 0) is 4.79 Å².